The summed E-state index contributed by atoms with van der Waals surface area (Å²) >= 11 is 0. The number of hydrogen-bond donors (Lipinski definition) is 0. The lowest BCUT2D eigenvalue weighted by atomic mass is 10.1. The molecule has 3 rings (SSSR count). The normalized spacial score (nSPS) is 11.9. The van der Waals surface area contributed by atoms with E-state index in [2.05, 4.69) is 53.2 Å². The molecule has 0 bridgehead atoms. The van der Waals surface area contributed by atoms with Crippen LogP contribution in [-0.2, 0) is 38.5 Å². The van der Waals surface area contributed by atoms with Gasteiger partial charge in [-0.15, -0.1) is 0 Å². The van der Waals surface area contributed by atoms with Gasteiger partial charge in [-0.2, -0.15) is 18.2 Å². The van der Waals surface area contributed by atoms with E-state index in [4.69, 9.17) is 4.52 Å². The van der Waals surface area contributed by atoms with Crippen molar-refractivity contribution < 1.29 is 17.7 Å². The van der Waals surface area contributed by atoms with Gasteiger partial charge in [-0.3, -0.25) is 4.90 Å². The van der Waals surface area contributed by atoms with E-state index in [1.54, 1.807) is 12.1 Å². The van der Waals surface area contributed by atoms with E-state index in [1.807, 2.05) is 0 Å². The Labute approximate surface area is 212 Å². The molecule has 196 valence electrons. The third kappa shape index (κ3) is 9.41. The van der Waals surface area contributed by atoms with E-state index in [0.29, 0.717) is 12.4 Å². The van der Waals surface area contributed by atoms with Gasteiger partial charge >= 0.3 is 6.18 Å². The third-order valence-corrected chi connectivity index (χ3v) is 6.46. The van der Waals surface area contributed by atoms with Crippen molar-refractivity contribution in [1.82, 2.24) is 15.0 Å². The lowest BCUT2D eigenvalue weighted by molar-refractivity contribution is -0.137. The van der Waals surface area contributed by atoms with Gasteiger partial charge in [-0.25, -0.2) is 0 Å². The highest BCUT2D eigenvalue weighted by atomic mass is 19.4. The molecule has 7 heteroatoms. The van der Waals surface area contributed by atoms with E-state index in [1.165, 1.54) is 43.2 Å². The number of halogens is 3. The average Bonchev–Trinajstić information content (AvgIpc) is 3.33. The van der Waals surface area contributed by atoms with Crippen LogP contribution in [0.3, 0.4) is 0 Å². The molecule has 0 fully saturated rings. The van der Waals surface area contributed by atoms with E-state index in [-0.39, 0.29) is 0 Å². The monoisotopic (exact) mass is 501 g/mol. The lowest BCUT2D eigenvalue weighted by Crippen LogP contribution is -2.22. The van der Waals surface area contributed by atoms with E-state index >= 15 is 0 Å². The highest BCUT2D eigenvalue weighted by molar-refractivity contribution is 5.25. The zero-order valence-electron chi connectivity index (χ0n) is 21.5. The molecule has 0 saturated carbocycles. The summed E-state index contributed by atoms with van der Waals surface area (Å²) in [5.74, 6) is 1.50. The Morgan fingerprint density at radius 3 is 1.92 bits per heavy atom. The van der Waals surface area contributed by atoms with Crippen molar-refractivity contribution >= 4 is 0 Å². The summed E-state index contributed by atoms with van der Waals surface area (Å²) in [7, 11) is 0. The Hall–Kier alpha value is -2.67. The molecule has 0 N–H and O–H groups in total. The second kappa shape index (κ2) is 14.2. The van der Waals surface area contributed by atoms with Gasteiger partial charge in [-0.05, 0) is 48.2 Å². The molecule has 0 amide bonds. The Balaban J connectivity index is 1.42. The number of hydrogen-bond acceptors (Lipinski definition) is 4. The molecule has 0 spiro atoms. The van der Waals surface area contributed by atoms with Crippen LogP contribution < -0.4 is 0 Å². The van der Waals surface area contributed by atoms with Crippen molar-refractivity contribution in [3.8, 4) is 0 Å². The summed E-state index contributed by atoms with van der Waals surface area (Å²) in [4.78, 5) is 6.75. The molecular weight excluding hydrogens is 463 g/mol. The fourth-order valence-electron chi connectivity index (χ4n) is 4.21. The largest absolute Gasteiger partial charge is 0.416 e. The number of rotatable bonds is 15. The van der Waals surface area contributed by atoms with Crippen LogP contribution in [0.4, 0.5) is 13.2 Å². The summed E-state index contributed by atoms with van der Waals surface area (Å²) in [6.45, 7) is 6.44. The van der Waals surface area contributed by atoms with Crippen molar-refractivity contribution in [3.05, 3.63) is 82.5 Å². The molecular formula is C29H38F3N3O. The predicted molar refractivity (Wildman–Crippen MR) is 136 cm³/mol. The molecule has 0 aliphatic rings. The number of alkyl halides is 3. The first-order valence-electron chi connectivity index (χ1n) is 13.1. The van der Waals surface area contributed by atoms with Gasteiger partial charge in [0.2, 0.25) is 5.89 Å². The second-order valence-corrected chi connectivity index (χ2v) is 9.44. The van der Waals surface area contributed by atoms with Crippen molar-refractivity contribution in [1.29, 1.82) is 0 Å². The lowest BCUT2D eigenvalue weighted by Gasteiger charge is -2.21. The standard InChI is InChI=1S/C29H38F3N3O/c1-3-5-6-7-8-9-10-27-33-28(36-34-27)20-17-23-11-13-24(14-12-23)21-35(4-2)22-25-15-18-26(19-16-25)29(30,31)32/h11-16,18-19H,3-10,17,20-22H2,1-2H3. The maximum Gasteiger partial charge on any atom is 0.416 e. The Kier molecular flexibility index (Phi) is 11.0. The maximum atomic E-state index is 12.8. The van der Waals surface area contributed by atoms with Crippen LogP contribution in [0.2, 0.25) is 0 Å². The first-order valence-corrected chi connectivity index (χ1v) is 13.1. The van der Waals surface area contributed by atoms with Crippen molar-refractivity contribution in [2.45, 2.75) is 90.9 Å². The van der Waals surface area contributed by atoms with Crippen LogP contribution in [-0.4, -0.2) is 21.6 Å². The molecule has 0 radical (unpaired) electrons. The Bertz CT molecular complexity index is 1010. The third-order valence-electron chi connectivity index (χ3n) is 6.46. The summed E-state index contributed by atoms with van der Waals surface area (Å²) in [6.07, 6.45) is 5.62. The molecule has 0 aliphatic carbocycles. The molecule has 4 nitrogen and oxygen atoms in total. The Morgan fingerprint density at radius 2 is 1.31 bits per heavy atom. The molecule has 3 aromatic rings. The first-order chi connectivity index (χ1) is 17.4. The number of benzene rings is 2. The number of aromatic nitrogens is 2. The fourth-order valence-corrected chi connectivity index (χ4v) is 4.21. The molecule has 36 heavy (non-hydrogen) atoms. The van der Waals surface area contributed by atoms with E-state index < -0.39 is 11.7 Å². The van der Waals surface area contributed by atoms with Crippen molar-refractivity contribution in [2.75, 3.05) is 6.54 Å². The van der Waals surface area contributed by atoms with Crippen molar-refractivity contribution in [3.63, 3.8) is 0 Å². The highest BCUT2D eigenvalue weighted by Crippen LogP contribution is 2.29. The molecule has 0 unspecified atom stereocenters. The van der Waals surface area contributed by atoms with Gasteiger partial charge in [0.15, 0.2) is 5.82 Å². The molecule has 1 heterocycles. The van der Waals surface area contributed by atoms with Gasteiger partial charge in [0.1, 0.15) is 0 Å². The van der Waals surface area contributed by atoms with Crippen LogP contribution in [0, 0.1) is 0 Å². The number of aryl methyl sites for hydroxylation is 3. The summed E-state index contributed by atoms with van der Waals surface area (Å²) < 4.78 is 43.8. The van der Waals surface area contributed by atoms with Crippen LogP contribution >= 0.6 is 0 Å². The van der Waals surface area contributed by atoms with Crippen molar-refractivity contribution in [2.24, 2.45) is 0 Å². The summed E-state index contributed by atoms with van der Waals surface area (Å²) in [5, 5.41) is 4.12. The van der Waals surface area contributed by atoms with Gasteiger partial charge in [0, 0.05) is 25.9 Å². The Morgan fingerprint density at radius 1 is 0.722 bits per heavy atom. The molecule has 2 aromatic carbocycles. The first kappa shape index (κ1) is 27.9. The van der Waals surface area contributed by atoms with Gasteiger partial charge in [0.25, 0.3) is 0 Å². The van der Waals surface area contributed by atoms with Crippen LogP contribution in [0.5, 0.6) is 0 Å². The molecule has 1 aromatic heterocycles. The quantitative estimate of drug-likeness (QED) is 0.199. The smallest absolute Gasteiger partial charge is 0.339 e. The van der Waals surface area contributed by atoms with Gasteiger partial charge in [0.05, 0.1) is 5.56 Å². The molecule has 0 atom stereocenters. The average molecular weight is 502 g/mol. The van der Waals surface area contributed by atoms with Crippen LogP contribution in [0.15, 0.2) is 53.1 Å². The van der Waals surface area contributed by atoms with Crippen LogP contribution in [0.25, 0.3) is 0 Å². The van der Waals surface area contributed by atoms with E-state index in [9.17, 15) is 13.2 Å². The SMILES string of the molecule is CCCCCCCCc1noc(CCc2ccc(CN(CC)Cc3ccc(C(F)(F)F)cc3)cc2)n1. The maximum absolute atomic E-state index is 12.8. The van der Waals surface area contributed by atoms with Gasteiger partial charge in [-0.1, -0.05) is 87.5 Å². The zero-order valence-corrected chi connectivity index (χ0v) is 21.5. The molecule has 0 saturated heterocycles. The van der Waals surface area contributed by atoms with E-state index in [0.717, 1.165) is 62.3 Å². The minimum atomic E-state index is -4.30. The second-order valence-electron chi connectivity index (χ2n) is 9.44. The minimum Gasteiger partial charge on any atom is -0.339 e. The number of unbranched alkanes of at least 4 members (excludes halogenated alkanes) is 5. The minimum absolute atomic E-state index is 0.606. The topological polar surface area (TPSA) is 42.2 Å². The molecule has 0 aliphatic heterocycles. The zero-order chi connectivity index (χ0) is 25.8. The fraction of sp³-hybridized carbons (Fsp3) is 0.517. The summed E-state index contributed by atoms with van der Waals surface area (Å²) in [5.41, 5.74) is 2.64. The van der Waals surface area contributed by atoms with Gasteiger partial charge < -0.3 is 4.52 Å². The number of nitrogens with zero attached hydrogens (tertiary/aromatic N) is 3. The predicted octanol–water partition coefficient (Wildman–Crippen LogP) is 7.80. The highest BCUT2D eigenvalue weighted by Gasteiger charge is 2.29. The van der Waals surface area contributed by atoms with Crippen LogP contribution in [0.1, 0.15) is 86.3 Å². The summed E-state index contributed by atoms with van der Waals surface area (Å²) in [6, 6.07) is 13.9.